The molecule has 0 radical (unpaired) electrons. The van der Waals surface area contributed by atoms with Crippen LogP contribution in [0.25, 0.3) is 6.08 Å². The highest BCUT2D eigenvalue weighted by molar-refractivity contribution is 6.34. The highest BCUT2D eigenvalue weighted by atomic mass is 35.5. The van der Waals surface area contributed by atoms with E-state index in [1.807, 2.05) is 30.3 Å². The number of non-ortho nitro benzene ring substituents is 1. The fourth-order valence-corrected chi connectivity index (χ4v) is 1.85. The first-order chi connectivity index (χ1) is 10.1. The summed E-state index contributed by atoms with van der Waals surface area (Å²) >= 11 is 5.89. The van der Waals surface area contributed by atoms with Gasteiger partial charge in [-0.3, -0.25) is 14.9 Å². The first kappa shape index (κ1) is 14.7. The van der Waals surface area contributed by atoms with Crippen molar-refractivity contribution in [3.8, 4) is 0 Å². The molecule has 0 saturated heterocycles. The molecule has 2 aromatic rings. The van der Waals surface area contributed by atoms with Crippen LogP contribution in [0, 0.1) is 10.1 Å². The van der Waals surface area contributed by atoms with E-state index in [2.05, 4.69) is 5.32 Å². The van der Waals surface area contributed by atoms with Crippen molar-refractivity contribution in [1.82, 2.24) is 0 Å². The van der Waals surface area contributed by atoms with Crippen molar-refractivity contribution in [3.63, 3.8) is 0 Å². The van der Waals surface area contributed by atoms with Gasteiger partial charge in [0.2, 0.25) is 5.91 Å². The van der Waals surface area contributed by atoms with Gasteiger partial charge in [-0.2, -0.15) is 0 Å². The minimum Gasteiger partial charge on any atom is -0.321 e. The van der Waals surface area contributed by atoms with Crippen molar-refractivity contribution in [2.45, 2.75) is 0 Å². The molecule has 0 aliphatic heterocycles. The summed E-state index contributed by atoms with van der Waals surface area (Å²) in [7, 11) is 0. The van der Waals surface area contributed by atoms with Crippen LogP contribution in [0.5, 0.6) is 0 Å². The number of amides is 1. The second kappa shape index (κ2) is 6.67. The third-order valence-electron chi connectivity index (χ3n) is 2.65. The fourth-order valence-electron chi connectivity index (χ4n) is 1.63. The fraction of sp³-hybridized carbons (Fsp3) is 0. The average Bonchev–Trinajstić information content (AvgIpc) is 2.48. The SMILES string of the molecule is O=C(/C=C/c1ccccc1)Nc1ccc([N+](=O)[O-])cc1Cl. The Balaban J connectivity index is 2.06. The molecule has 5 nitrogen and oxygen atoms in total. The Bertz CT molecular complexity index is 699. The van der Waals surface area contributed by atoms with Crippen LogP contribution in [0.1, 0.15) is 5.56 Å². The normalized spacial score (nSPS) is 10.5. The molecule has 6 heteroatoms. The molecule has 0 aliphatic carbocycles. The van der Waals surface area contributed by atoms with Gasteiger partial charge < -0.3 is 5.32 Å². The van der Waals surface area contributed by atoms with E-state index in [0.717, 1.165) is 5.56 Å². The zero-order valence-electron chi connectivity index (χ0n) is 10.8. The lowest BCUT2D eigenvalue weighted by Gasteiger charge is -2.04. The maximum Gasteiger partial charge on any atom is 0.271 e. The Morgan fingerprint density at radius 2 is 1.90 bits per heavy atom. The Morgan fingerprint density at radius 1 is 1.19 bits per heavy atom. The van der Waals surface area contributed by atoms with Gasteiger partial charge in [-0.05, 0) is 17.7 Å². The second-order valence-corrected chi connectivity index (χ2v) is 4.56. The minimum absolute atomic E-state index is 0.116. The van der Waals surface area contributed by atoms with Crippen molar-refractivity contribution in [2.75, 3.05) is 5.32 Å². The summed E-state index contributed by atoms with van der Waals surface area (Å²) in [5.41, 5.74) is 1.09. The minimum atomic E-state index is -0.549. The molecule has 21 heavy (non-hydrogen) atoms. The first-order valence-electron chi connectivity index (χ1n) is 6.04. The topological polar surface area (TPSA) is 72.2 Å². The maximum atomic E-state index is 11.8. The highest BCUT2D eigenvalue weighted by Gasteiger charge is 2.10. The smallest absolute Gasteiger partial charge is 0.271 e. The van der Waals surface area contributed by atoms with Crippen LogP contribution in [0.4, 0.5) is 11.4 Å². The number of hydrogen-bond donors (Lipinski definition) is 1. The molecule has 0 atom stereocenters. The van der Waals surface area contributed by atoms with E-state index in [4.69, 9.17) is 11.6 Å². The number of nitro benzene ring substituents is 1. The lowest BCUT2D eigenvalue weighted by Crippen LogP contribution is -2.08. The number of nitrogens with zero attached hydrogens (tertiary/aromatic N) is 1. The molecule has 2 rings (SSSR count). The van der Waals surface area contributed by atoms with Gasteiger partial charge in [0.1, 0.15) is 0 Å². The van der Waals surface area contributed by atoms with Crippen LogP contribution in [0.2, 0.25) is 5.02 Å². The molecule has 2 aromatic carbocycles. The van der Waals surface area contributed by atoms with E-state index in [9.17, 15) is 14.9 Å². The van der Waals surface area contributed by atoms with E-state index in [-0.39, 0.29) is 16.6 Å². The summed E-state index contributed by atoms with van der Waals surface area (Å²) in [6, 6.07) is 13.2. The summed E-state index contributed by atoms with van der Waals surface area (Å²) in [6.45, 7) is 0. The van der Waals surface area contributed by atoms with Gasteiger partial charge in [0.05, 0.1) is 15.6 Å². The maximum absolute atomic E-state index is 11.8. The molecule has 106 valence electrons. The summed E-state index contributed by atoms with van der Waals surface area (Å²) < 4.78 is 0. The largest absolute Gasteiger partial charge is 0.321 e. The van der Waals surface area contributed by atoms with E-state index < -0.39 is 4.92 Å². The molecule has 0 aliphatic rings. The van der Waals surface area contributed by atoms with Gasteiger partial charge >= 0.3 is 0 Å². The van der Waals surface area contributed by atoms with Crippen LogP contribution >= 0.6 is 11.6 Å². The Hall–Kier alpha value is -2.66. The number of carbonyl (C=O) groups is 1. The van der Waals surface area contributed by atoms with Gasteiger partial charge in [0.25, 0.3) is 5.69 Å². The molecule has 0 aromatic heterocycles. The number of halogens is 1. The van der Waals surface area contributed by atoms with Crippen LogP contribution < -0.4 is 5.32 Å². The van der Waals surface area contributed by atoms with Crippen LogP contribution in [0.15, 0.2) is 54.6 Å². The Labute approximate surface area is 126 Å². The predicted octanol–water partition coefficient (Wildman–Crippen LogP) is 3.90. The lowest BCUT2D eigenvalue weighted by atomic mass is 10.2. The van der Waals surface area contributed by atoms with Crippen molar-refractivity contribution in [2.24, 2.45) is 0 Å². The number of carbonyl (C=O) groups excluding carboxylic acids is 1. The second-order valence-electron chi connectivity index (χ2n) is 4.15. The van der Waals surface area contributed by atoms with Crippen LogP contribution in [-0.2, 0) is 4.79 Å². The molecule has 1 N–H and O–H groups in total. The van der Waals surface area contributed by atoms with Gasteiger partial charge in [0, 0.05) is 18.2 Å². The Kier molecular flexibility index (Phi) is 4.68. The number of hydrogen-bond acceptors (Lipinski definition) is 3. The number of benzene rings is 2. The van der Waals surface area contributed by atoms with Gasteiger partial charge in [-0.1, -0.05) is 41.9 Å². The molecular weight excluding hydrogens is 292 g/mol. The van der Waals surface area contributed by atoms with Gasteiger partial charge in [-0.25, -0.2) is 0 Å². The van der Waals surface area contributed by atoms with Crippen molar-refractivity contribution >= 4 is 35.0 Å². The third-order valence-corrected chi connectivity index (χ3v) is 2.96. The van der Waals surface area contributed by atoms with E-state index in [1.165, 1.54) is 24.3 Å². The van der Waals surface area contributed by atoms with Gasteiger partial charge in [0.15, 0.2) is 0 Å². The molecular formula is C15H11ClN2O3. The summed E-state index contributed by atoms with van der Waals surface area (Å²) in [4.78, 5) is 21.8. The summed E-state index contributed by atoms with van der Waals surface area (Å²) in [5, 5.41) is 13.3. The average molecular weight is 303 g/mol. The van der Waals surface area contributed by atoms with Crippen LogP contribution in [-0.4, -0.2) is 10.8 Å². The molecule has 0 fully saturated rings. The Morgan fingerprint density at radius 3 is 2.52 bits per heavy atom. The molecule has 0 bridgehead atoms. The van der Waals surface area contributed by atoms with Crippen molar-refractivity contribution in [1.29, 1.82) is 0 Å². The highest BCUT2D eigenvalue weighted by Crippen LogP contribution is 2.26. The van der Waals surface area contributed by atoms with E-state index >= 15 is 0 Å². The first-order valence-corrected chi connectivity index (χ1v) is 6.42. The zero-order chi connectivity index (χ0) is 15.2. The predicted molar refractivity (Wildman–Crippen MR) is 82.2 cm³/mol. The molecule has 1 amide bonds. The summed E-state index contributed by atoms with van der Waals surface area (Å²) in [6.07, 6.45) is 3.03. The summed E-state index contributed by atoms with van der Waals surface area (Å²) in [5.74, 6) is -0.366. The standard InChI is InChI=1S/C15H11ClN2O3/c16-13-10-12(18(20)21)7-8-14(13)17-15(19)9-6-11-4-2-1-3-5-11/h1-10H,(H,17,19)/b9-6+. The molecule has 0 spiro atoms. The van der Waals surface area contributed by atoms with E-state index in [1.54, 1.807) is 6.08 Å². The van der Waals surface area contributed by atoms with Crippen molar-refractivity contribution in [3.05, 3.63) is 75.3 Å². The third kappa shape index (κ3) is 4.15. The molecule has 0 saturated carbocycles. The number of nitrogens with one attached hydrogen (secondary N) is 1. The van der Waals surface area contributed by atoms with Gasteiger partial charge in [-0.15, -0.1) is 0 Å². The zero-order valence-corrected chi connectivity index (χ0v) is 11.6. The molecule has 0 unspecified atom stereocenters. The van der Waals surface area contributed by atoms with Crippen LogP contribution in [0.3, 0.4) is 0 Å². The quantitative estimate of drug-likeness (QED) is 0.529. The van der Waals surface area contributed by atoms with Crippen molar-refractivity contribution < 1.29 is 9.72 Å². The number of nitro groups is 1. The van der Waals surface area contributed by atoms with E-state index in [0.29, 0.717) is 5.69 Å². The lowest BCUT2D eigenvalue weighted by molar-refractivity contribution is -0.384. The number of anilines is 1. The molecule has 0 heterocycles. The monoisotopic (exact) mass is 302 g/mol. The number of rotatable bonds is 4.